The van der Waals surface area contributed by atoms with E-state index in [1.165, 1.54) is 93.9 Å². The minimum absolute atomic E-state index is 0.524. The van der Waals surface area contributed by atoms with E-state index in [1.807, 2.05) is 0 Å². The summed E-state index contributed by atoms with van der Waals surface area (Å²) in [5.74, 6) is 0. The van der Waals surface area contributed by atoms with Crippen molar-refractivity contribution in [3.63, 3.8) is 0 Å². The molecule has 1 aliphatic rings. The Morgan fingerprint density at radius 3 is 1.55 bits per heavy atom. The second-order valence-corrected chi connectivity index (χ2v) is 19.2. The van der Waals surface area contributed by atoms with Crippen LogP contribution in [0.5, 0.6) is 0 Å². The fraction of sp³-hybridized carbons (Fsp3) is 0.0141. The molecule has 0 amide bonds. The van der Waals surface area contributed by atoms with Gasteiger partial charge in [0.1, 0.15) is 0 Å². The van der Waals surface area contributed by atoms with Crippen LogP contribution in [0.25, 0.3) is 82.8 Å². The Bertz CT molecular complexity index is 4140. The predicted molar refractivity (Wildman–Crippen MR) is 307 cm³/mol. The van der Waals surface area contributed by atoms with E-state index in [4.69, 9.17) is 0 Å². The number of nitrogens with zero attached hydrogens (tertiary/aromatic N) is 2. The van der Waals surface area contributed by atoms with E-state index in [2.05, 4.69) is 301 Å². The lowest BCUT2D eigenvalue weighted by Gasteiger charge is -2.35. The number of benzene rings is 12. The molecule has 0 radical (unpaired) electrons. The molecule has 342 valence electrons. The lowest BCUT2D eigenvalue weighted by molar-refractivity contribution is 0.768. The third-order valence-corrected chi connectivity index (χ3v) is 15.2. The smallest absolute Gasteiger partial charge is 0.0714 e. The van der Waals surface area contributed by atoms with Crippen LogP contribution in [0.1, 0.15) is 22.3 Å². The SMILES string of the molecule is c1ccc(-c2ccc(N(c3cccc(-c4cccc(-c5ccc6c(c5)c5ccccc5n6-c5cccc6ccccc56)c4)c3)c3ccc4c(c3)C(c3ccccc3)(c3ccccc3)c3ccccc3-4)cc2)cc1. The Labute approximate surface area is 426 Å². The number of anilines is 3. The molecular formula is C71H48N2. The van der Waals surface area contributed by atoms with Crippen molar-refractivity contribution in [1.82, 2.24) is 4.57 Å². The molecule has 0 atom stereocenters. The van der Waals surface area contributed by atoms with E-state index in [0.29, 0.717) is 0 Å². The number of hydrogen-bond donors (Lipinski definition) is 0. The maximum atomic E-state index is 2.46. The largest absolute Gasteiger partial charge is 0.310 e. The molecule has 1 heterocycles. The van der Waals surface area contributed by atoms with Gasteiger partial charge in [-0.2, -0.15) is 0 Å². The van der Waals surface area contributed by atoms with Gasteiger partial charge >= 0.3 is 0 Å². The molecule has 2 nitrogen and oxygen atoms in total. The topological polar surface area (TPSA) is 8.17 Å². The van der Waals surface area contributed by atoms with E-state index in [-0.39, 0.29) is 0 Å². The van der Waals surface area contributed by atoms with E-state index >= 15 is 0 Å². The van der Waals surface area contributed by atoms with Gasteiger partial charge in [0.05, 0.1) is 22.1 Å². The average molecular weight is 929 g/mol. The maximum Gasteiger partial charge on any atom is 0.0714 e. The molecule has 0 spiro atoms. The molecule has 0 aliphatic heterocycles. The highest BCUT2D eigenvalue weighted by Crippen LogP contribution is 2.57. The molecule has 1 aromatic heterocycles. The summed E-state index contributed by atoms with van der Waals surface area (Å²) in [6.07, 6.45) is 0. The van der Waals surface area contributed by atoms with Crippen molar-refractivity contribution in [2.24, 2.45) is 0 Å². The second kappa shape index (κ2) is 17.4. The molecule has 12 aromatic carbocycles. The van der Waals surface area contributed by atoms with E-state index in [0.717, 1.165) is 28.2 Å². The number of rotatable bonds is 9. The number of fused-ring (bicyclic) bond motifs is 7. The first-order valence-electron chi connectivity index (χ1n) is 25.2. The molecule has 13 aromatic rings. The van der Waals surface area contributed by atoms with Gasteiger partial charge in [-0.05, 0) is 139 Å². The van der Waals surface area contributed by atoms with E-state index < -0.39 is 5.41 Å². The zero-order valence-corrected chi connectivity index (χ0v) is 40.1. The highest BCUT2D eigenvalue weighted by molar-refractivity contribution is 6.12. The van der Waals surface area contributed by atoms with Gasteiger partial charge in [-0.3, -0.25) is 0 Å². The van der Waals surface area contributed by atoms with Gasteiger partial charge < -0.3 is 9.47 Å². The molecule has 0 saturated heterocycles. The Morgan fingerprint density at radius 1 is 0.274 bits per heavy atom. The van der Waals surface area contributed by atoms with Crippen LogP contribution in [0.4, 0.5) is 17.1 Å². The van der Waals surface area contributed by atoms with Crippen LogP contribution in [0.2, 0.25) is 0 Å². The van der Waals surface area contributed by atoms with Gasteiger partial charge in [-0.25, -0.2) is 0 Å². The summed E-state index contributed by atoms with van der Waals surface area (Å²) in [6.45, 7) is 0. The van der Waals surface area contributed by atoms with Crippen molar-refractivity contribution < 1.29 is 0 Å². The molecule has 0 fully saturated rings. The van der Waals surface area contributed by atoms with Crippen molar-refractivity contribution in [1.29, 1.82) is 0 Å². The molecule has 1 aliphatic carbocycles. The standard InChI is InChI=1S/C71H48N2/c1-4-19-49(20-5-1)50-37-40-58(41-38-50)72(60-42-43-63-62-32-12-14-34-66(62)71(67(63)48-60,56-26-6-2-7-27-56)57-28-8-3-9-29-57)59-30-17-25-54(46-59)52-23-16-24-53(45-52)55-39-44-70-65(47-55)64-33-13-15-35-69(64)73(70)68-36-18-22-51-21-10-11-31-61(51)68/h1-48H. The average Bonchev–Trinajstić information content (AvgIpc) is 4.00. The van der Waals surface area contributed by atoms with Crippen LogP contribution in [0.15, 0.2) is 291 Å². The molecule has 0 unspecified atom stereocenters. The van der Waals surface area contributed by atoms with Crippen LogP contribution in [0.3, 0.4) is 0 Å². The summed E-state index contributed by atoms with van der Waals surface area (Å²) in [6, 6.07) is 107. The first-order valence-corrected chi connectivity index (χ1v) is 25.2. The van der Waals surface area contributed by atoms with Gasteiger partial charge in [0.25, 0.3) is 0 Å². The van der Waals surface area contributed by atoms with Gasteiger partial charge in [-0.1, -0.05) is 224 Å². The quantitative estimate of drug-likeness (QED) is 0.140. The molecule has 0 bridgehead atoms. The van der Waals surface area contributed by atoms with Crippen molar-refractivity contribution in [2.45, 2.75) is 5.41 Å². The third kappa shape index (κ3) is 6.94. The Hall–Kier alpha value is -9.50. The van der Waals surface area contributed by atoms with E-state index in [9.17, 15) is 0 Å². The molecule has 0 saturated carbocycles. The Morgan fingerprint density at radius 2 is 0.781 bits per heavy atom. The van der Waals surface area contributed by atoms with Crippen LogP contribution < -0.4 is 4.90 Å². The maximum absolute atomic E-state index is 2.46. The fourth-order valence-electron chi connectivity index (χ4n) is 12.0. The Balaban J connectivity index is 0.904. The Kier molecular flexibility index (Phi) is 10.1. The summed E-state index contributed by atoms with van der Waals surface area (Å²) in [5, 5.41) is 4.96. The van der Waals surface area contributed by atoms with E-state index in [1.54, 1.807) is 0 Å². The van der Waals surface area contributed by atoms with Gasteiger partial charge in [0, 0.05) is 33.2 Å². The highest BCUT2D eigenvalue weighted by atomic mass is 15.1. The number of hydrogen-bond acceptors (Lipinski definition) is 1. The summed E-state index contributed by atoms with van der Waals surface area (Å²) in [5.41, 5.74) is 21.0. The van der Waals surface area contributed by atoms with Gasteiger partial charge in [0.15, 0.2) is 0 Å². The summed E-state index contributed by atoms with van der Waals surface area (Å²) in [7, 11) is 0. The van der Waals surface area contributed by atoms with Crippen LogP contribution in [-0.2, 0) is 5.41 Å². The molecule has 14 rings (SSSR count). The zero-order chi connectivity index (χ0) is 48.3. The van der Waals surface area contributed by atoms with Crippen molar-refractivity contribution in [2.75, 3.05) is 4.90 Å². The van der Waals surface area contributed by atoms with Crippen molar-refractivity contribution in [3.8, 4) is 50.2 Å². The minimum atomic E-state index is -0.524. The lowest BCUT2D eigenvalue weighted by Crippen LogP contribution is -2.28. The normalized spacial score (nSPS) is 12.5. The van der Waals surface area contributed by atoms with Gasteiger partial charge in [-0.15, -0.1) is 0 Å². The minimum Gasteiger partial charge on any atom is -0.310 e. The molecule has 73 heavy (non-hydrogen) atoms. The van der Waals surface area contributed by atoms with Crippen LogP contribution in [0, 0.1) is 0 Å². The van der Waals surface area contributed by atoms with Crippen molar-refractivity contribution >= 4 is 49.6 Å². The number of aromatic nitrogens is 1. The summed E-state index contributed by atoms with van der Waals surface area (Å²) in [4.78, 5) is 2.44. The van der Waals surface area contributed by atoms with Crippen LogP contribution in [-0.4, -0.2) is 4.57 Å². The number of para-hydroxylation sites is 1. The van der Waals surface area contributed by atoms with Gasteiger partial charge in [0.2, 0.25) is 0 Å². The molecule has 0 N–H and O–H groups in total. The first kappa shape index (κ1) is 42.4. The molecular weight excluding hydrogens is 881 g/mol. The van der Waals surface area contributed by atoms with Crippen molar-refractivity contribution in [3.05, 3.63) is 313 Å². The zero-order valence-electron chi connectivity index (χ0n) is 40.1. The van der Waals surface area contributed by atoms with Crippen LogP contribution >= 0.6 is 0 Å². The lowest BCUT2D eigenvalue weighted by atomic mass is 9.67. The monoisotopic (exact) mass is 928 g/mol. The summed E-state index contributed by atoms with van der Waals surface area (Å²) >= 11 is 0. The highest BCUT2D eigenvalue weighted by Gasteiger charge is 2.46. The third-order valence-electron chi connectivity index (χ3n) is 15.2. The first-order chi connectivity index (χ1) is 36.2. The predicted octanol–water partition coefficient (Wildman–Crippen LogP) is 18.8. The second-order valence-electron chi connectivity index (χ2n) is 19.2. The fourth-order valence-corrected chi connectivity index (χ4v) is 12.0. The molecule has 2 heteroatoms. The summed E-state index contributed by atoms with van der Waals surface area (Å²) < 4.78 is 2.43.